The molecule has 3 aromatic rings. The lowest BCUT2D eigenvalue weighted by Gasteiger charge is -2.39. The van der Waals surface area contributed by atoms with Gasteiger partial charge in [-0.1, -0.05) is 43.2 Å². The largest absolute Gasteiger partial charge is 0.501 e. The smallest absolute Gasteiger partial charge is 0.380 e. The molecule has 19 heteroatoms. The van der Waals surface area contributed by atoms with E-state index in [4.69, 9.17) is 0 Å². The Balaban J connectivity index is 1.11. The van der Waals surface area contributed by atoms with Gasteiger partial charge in [0.2, 0.25) is 6.43 Å². The molecule has 0 saturated carbocycles. The number of allylic oxidation sites excluding steroid dienone is 1. The van der Waals surface area contributed by atoms with Crippen LogP contribution < -0.4 is 14.9 Å². The number of carbonyl (C=O) groups excluding carboxylic acids is 1. The monoisotopic (exact) mass is 968 g/mol. The van der Waals surface area contributed by atoms with Gasteiger partial charge in [0.1, 0.15) is 4.90 Å². The van der Waals surface area contributed by atoms with E-state index in [0.717, 1.165) is 87.8 Å². The van der Waals surface area contributed by atoms with Gasteiger partial charge in [0.05, 0.1) is 10.6 Å². The minimum atomic E-state index is -6.06. The number of hydrogen-bond donors (Lipinski definition) is 2. The first-order valence-electron chi connectivity index (χ1n) is 22.1. The Bertz CT molecular complexity index is 2320. The zero-order valence-corrected chi connectivity index (χ0v) is 39.7. The molecule has 2 fully saturated rings. The maximum Gasteiger partial charge on any atom is 0.501 e. The first-order chi connectivity index (χ1) is 30.7. The number of alkyl halides is 5. The Hall–Kier alpha value is -3.75. The average molecular weight is 969 g/mol. The van der Waals surface area contributed by atoms with Crippen molar-refractivity contribution in [2.45, 2.75) is 91.5 Å². The van der Waals surface area contributed by atoms with Crippen molar-refractivity contribution < 1.29 is 43.6 Å². The Morgan fingerprint density at radius 1 is 0.831 bits per heavy atom. The Morgan fingerprint density at radius 2 is 1.49 bits per heavy atom. The van der Waals surface area contributed by atoms with E-state index in [2.05, 4.69) is 38.8 Å². The molecule has 2 saturated heterocycles. The molecule has 1 atom stereocenters. The van der Waals surface area contributed by atoms with Crippen LogP contribution in [0.3, 0.4) is 0 Å². The number of anilines is 2. The number of nitrogens with one attached hydrogen (secondary N) is 2. The van der Waals surface area contributed by atoms with Crippen LogP contribution in [-0.2, 0) is 19.9 Å². The molecule has 0 bridgehead atoms. The fourth-order valence-electron chi connectivity index (χ4n) is 8.56. The number of sulfonamides is 1. The van der Waals surface area contributed by atoms with Crippen molar-refractivity contribution in [3.63, 3.8) is 0 Å². The van der Waals surface area contributed by atoms with Gasteiger partial charge in [0.25, 0.3) is 25.8 Å². The summed E-state index contributed by atoms with van der Waals surface area (Å²) in [5, 5.41) is 3.01. The SMILES string of the molecule is CN1CCN(CCC(CSc2ccccc2)Nc2ccc(S(=O)(=O)NC(=O)c3ccc(N4CCN(CC5=C(CCCC(F)F)CC(C)(C)CC5)CC4)cc3)cc2S(=O)(=O)C(F)(F)F)CC1. The third kappa shape index (κ3) is 14.1. The molecule has 11 nitrogen and oxygen atoms in total. The number of piperazine rings is 2. The lowest BCUT2D eigenvalue weighted by molar-refractivity contribution is -0.0435. The molecule has 3 aromatic carbocycles. The zero-order chi connectivity index (χ0) is 47.0. The number of benzene rings is 3. The summed E-state index contributed by atoms with van der Waals surface area (Å²) in [6.07, 6.45) is 2.19. The third-order valence-corrected chi connectivity index (χ3v) is 16.5. The quantitative estimate of drug-likeness (QED) is 0.0685. The number of amides is 1. The minimum Gasteiger partial charge on any atom is -0.380 e. The van der Waals surface area contributed by atoms with Gasteiger partial charge >= 0.3 is 5.51 Å². The van der Waals surface area contributed by atoms with Crippen molar-refractivity contribution in [3.05, 3.63) is 89.5 Å². The highest BCUT2D eigenvalue weighted by Crippen LogP contribution is 2.41. The molecule has 0 radical (unpaired) electrons. The molecule has 0 spiro atoms. The summed E-state index contributed by atoms with van der Waals surface area (Å²) in [6, 6.07) is 17.6. The molecule has 2 heterocycles. The number of likely N-dealkylation sites (N-methyl/N-ethyl adjacent to an activating group) is 1. The molecular weight excluding hydrogens is 908 g/mol. The minimum absolute atomic E-state index is 0.0250. The molecule has 358 valence electrons. The maximum atomic E-state index is 14.2. The maximum absolute atomic E-state index is 14.2. The normalized spacial score (nSPS) is 18.8. The fourth-order valence-corrected chi connectivity index (χ4v) is 11.6. The number of nitrogens with zero attached hydrogens (tertiary/aromatic N) is 4. The summed E-state index contributed by atoms with van der Waals surface area (Å²) in [4.78, 5) is 21.1. The summed E-state index contributed by atoms with van der Waals surface area (Å²) in [5.74, 6) is -0.666. The van der Waals surface area contributed by atoms with E-state index >= 15 is 0 Å². The van der Waals surface area contributed by atoms with Crippen LogP contribution in [0.25, 0.3) is 0 Å². The van der Waals surface area contributed by atoms with Crippen LogP contribution >= 0.6 is 11.8 Å². The van der Waals surface area contributed by atoms with Gasteiger partial charge in [0.15, 0.2) is 0 Å². The Morgan fingerprint density at radius 3 is 2.14 bits per heavy atom. The van der Waals surface area contributed by atoms with E-state index in [1.807, 2.05) is 42.1 Å². The first kappa shape index (κ1) is 50.7. The predicted molar refractivity (Wildman–Crippen MR) is 247 cm³/mol. The van der Waals surface area contributed by atoms with E-state index in [1.165, 1.54) is 35.0 Å². The van der Waals surface area contributed by atoms with E-state index in [1.54, 1.807) is 12.1 Å². The van der Waals surface area contributed by atoms with Crippen LogP contribution in [0, 0.1) is 5.41 Å². The number of thioether (sulfide) groups is 1. The molecule has 1 unspecified atom stereocenters. The van der Waals surface area contributed by atoms with Crippen molar-refractivity contribution in [1.29, 1.82) is 0 Å². The number of hydrogen-bond acceptors (Lipinski definition) is 11. The van der Waals surface area contributed by atoms with Crippen molar-refractivity contribution >= 4 is 48.9 Å². The van der Waals surface area contributed by atoms with Gasteiger partial charge in [-0.3, -0.25) is 9.69 Å². The molecule has 65 heavy (non-hydrogen) atoms. The van der Waals surface area contributed by atoms with Crippen LogP contribution in [0.4, 0.5) is 33.3 Å². The third-order valence-electron chi connectivity index (χ3n) is 12.5. The lowest BCUT2D eigenvalue weighted by atomic mass is 9.73. The van der Waals surface area contributed by atoms with Crippen LogP contribution in [0.2, 0.25) is 0 Å². The molecule has 6 rings (SSSR count). The highest BCUT2D eigenvalue weighted by atomic mass is 32.2. The van der Waals surface area contributed by atoms with Crippen LogP contribution in [0.5, 0.6) is 0 Å². The summed E-state index contributed by atoms with van der Waals surface area (Å²) >= 11 is 1.46. The van der Waals surface area contributed by atoms with Crippen LogP contribution in [0.1, 0.15) is 69.2 Å². The van der Waals surface area contributed by atoms with Gasteiger partial charge in [-0.2, -0.15) is 13.2 Å². The number of sulfone groups is 1. The van der Waals surface area contributed by atoms with Crippen molar-refractivity contribution in [2.24, 2.45) is 5.41 Å². The molecule has 3 aliphatic rings. The average Bonchev–Trinajstić information content (AvgIpc) is 3.26. The molecule has 0 aromatic heterocycles. The lowest BCUT2D eigenvalue weighted by Crippen LogP contribution is -2.47. The molecule has 2 aliphatic heterocycles. The van der Waals surface area contributed by atoms with Gasteiger partial charge in [-0.05, 0) is 106 Å². The highest BCUT2D eigenvalue weighted by Gasteiger charge is 2.48. The molecule has 2 N–H and O–H groups in total. The Labute approximate surface area is 385 Å². The molecular formula is C46H61F5N6O5S3. The second-order valence-corrected chi connectivity index (χ2v) is 22.8. The van der Waals surface area contributed by atoms with Gasteiger partial charge in [-0.15, -0.1) is 11.8 Å². The van der Waals surface area contributed by atoms with Crippen molar-refractivity contribution in [2.75, 3.05) is 88.5 Å². The number of halogens is 5. The van der Waals surface area contributed by atoms with E-state index in [9.17, 15) is 43.6 Å². The standard InChI is InChI=1S/C46H61F5N6O5S3/c1-45(2)20-18-36(35(31-45)8-7-11-43(47)48)32-56-26-28-57(29-27-56)38-14-12-34(13-15-38)44(58)53-65(61,62)40-16-17-41(42(30-40)64(59,60)46(49,50)51)52-37(33-63-39-9-5-4-6-10-39)19-21-55-24-22-54(3)23-25-55/h4-6,9-10,12-17,30,37,43,52H,7-8,11,18-29,31-33H2,1-3H3,(H,53,58). The van der Waals surface area contributed by atoms with Crippen molar-refractivity contribution in [3.8, 4) is 0 Å². The van der Waals surface area contributed by atoms with E-state index in [0.29, 0.717) is 50.7 Å². The van der Waals surface area contributed by atoms with Crippen molar-refractivity contribution in [1.82, 2.24) is 19.4 Å². The number of rotatable bonds is 19. The van der Waals surface area contributed by atoms with E-state index < -0.39 is 59.2 Å². The topological polar surface area (TPSA) is 122 Å². The predicted octanol–water partition coefficient (Wildman–Crippen LogP) is 8.37. The second-order valence-electron chi connectivity index (χ2n) is 18.1. The second kappa shape index (κ2) is 21.9. The first-order valence-corrected chi connectivity index (χ1v) is 26.1. The number of carbonyl (C=O) groups is 1. The zero-order valence-electron chi connectivity index (χ0n) is 37.3. The molecule has 1 aliphatic carbocycles. The Kier molecular flexibility index (Phi) is 17.1. The summed E-state index contributed by atoms with van der Waals surface area (Å²) < 4.78 is 123. The fraction of sp³-hybridized carbons (Fsp3) is 0.543. The van der Waals surface area contributed by atoms with Gasteiger partial charge < -0.3 is 20.0 Å². The summed E-state index contributed by atoms with van der Waals surface area (Å²) in [5.41, 5.74) is -2.54. The summed E-state index contributed by atoms with van der Waals surface area (Å²) in [7, 11) is -8.89. The summed E-state index contributed by atoms with van der Waals surface area (Å²) in [6.45, 7) is 12.1. The molecule has 1 amide bonds. The van der Waals surface area contributed by atoms with Crippen LogP contribution in [0.15, 0.2) is 98.6 Å². The van der Waals surface area contributed by atoms with E-state index in [-0.39, 0.29) is 17.4 Å². The highest BCUT2D eigenvalue weighted by molar-refractivity contribution is 7.99. The van der Waals surface area contributed by atoms with Gasteiger partial charge in [0, 0.05) is 99.8 Å². The van der Waals surface area contributed by atoms with Gasteiger partial charge in [-0.25, -0.2) is 30.3 Å². The van der Waals surface area contributed by atoms with Crippen LogP contribution in [-0.4, -0.2) is 134 Å².